The molecule has 0 radical (unpaired) electrons. The van der Waals surface area contributed by atoms with E-state index in [-0.39, 0.29) is 0 Å². The fourth-order valence-electron chi connectivity index (χ4n) is 1.79. The lowest BCUT2D eigenvalue weighted by molar-refractivity contribution is -0.141. The number of aromatic nitrogens is 2. The Bertz CT molecular complexity index is 530. The van der Waals surface area contributed by atoms with E-state index in [1.54, 1.807) is 6.92 Å². The summed E-state index contributed by atoms with van der Waals surface area (Å²) in [6.45, 7) is 3.73. The number of unbranched alkanes of at least 4 members (excludes halogenated alkanes) is 1. The molecular formula is C12H18N2O4. The van der Waals surface area contributed by atoms with Gasteiger partial charge in [0.05, 0.1) is 0 Å². The van der Waals surface area contributed by atoms with Crippen LogP contribution in [0.5, 0.6) is 0 Å². The van der Waals surface area contributed by atoms with Crippen molar-refractivity contribution in [3.63, 3.8) is 0 Å². The largest absolute Gasteiger partial charge is 0.480 e. The molecule has 6 heteroatoms. The number of nitrogens with one attached hydrogen (secondary N) is 1. The quantitative estimate of drug-likeness (QED) is 0.789. The van der Waals surface area contributed by atoms with Crippen molar-refractivity contribution in [2.75, 3.05) is 0 Å². The molecule has 0 aromatic carbocycles. The third kappa shape index (κ3) is 3.09. The van der Waals surface area contributed by atoms with E-state index in [0.29, 0.717) is 24.8 Å². The third-order valence-corrected chi connectivity index (χ3v) is 2.87. The number of aliphatic carboxylic acids is 1. The normalized spacial score (nSPS) is 12.3. The fourth-order valence-corrected chi connectivity index (χ4v) is 1.79. The summed E-state index contributed by atoms with van der Waals surface area (Å²) >= 11 is 0. The first-order valence-corrected chi connectivity index (χ1v) is 6.08. The summed E-state index contributed by atoms with van der Waals surface area (Å²) in [5.41, 5.74) is -0.698. The van der Waals surface area contributed by atoms with Gasteiger partial charge in [0.25, 0.3) is 5.56 Å². The highest BCUT2D eigenvalue weighted by atomic mass is 16.4. The van der Waals surface area contributed by atoms with Crippen LogP contribution < -0.4 is 11.2 Å². The Morgan fingerprint density at radius 2 is 2.11 bits per heavy atom. The average molecular weight is 254 g/mol. The van der Waals surface area contributed by atoms with Gasteiger partial charge in [0.2, 0.25) is 0 Å². The Balaban J connectivity index is 3.23. The van der Waals surface area contributed by atoms with E-state index in [2.05, 4.69) is 4.98 Å². The number of carboxylic acid groups (broad SMARTS) is 1. The molecule has 0 fully saturated rings. The summed E-state index contributed by atoms with van der Waals surface area (Å²) in [4.78, 5) is 36.4. The summed E-state index contributed by atoms with van der Waals surface area (Å²) in [5.74, 6) is -1.06. The van der Waals surface area contributed by atoms with Crippen molar-refractivity contribution in [2.24, 2.45) is 0 Å². The standard InChI is InChI=1S/C12H18N2O4/c1-3-5-6-9(11(16)17)14-7-8(4-2)10(15)13-12(14)18/h7,9H,3-6H2,1-2H3,(H,16,17)(H,13,15,18). The number of hydrogen-bond acceptors (Lipinski definition) is 3. The number of carbonyl (C=O) groups is 1. The Morgan fingerprint density at radius 3 is 2.61 bits per heavy atom. The topological polar surface area (TPSA) is 92.2 Å². The summed E-state index contributed by atoms with van der Waals surface area (Å²) in [7, 11) is 0. The number of aryl methyl sites for hydroxylation is 1. The van der Waals surface area contributed by atoms with Gasteiger partial charge in [-0.15, -0.1) is 0 Å². The minimum atomic E-state index is -1.06. The van der Waals surface area contributed by atoms with E-state index in [4.69, 9.17) is 5.11 Å². The molecule has 1 atom stereocenters. The molecule has 0 aliphatic rings. The molecule has 18 heavy (non-hydrogen) atoms. The van der Waals surface area contributed by atoms with Crippen molar-refractivity contribution < 1.29 is 9.90 Å². The number of rotatable bonds is 6. The van der Waals surface area contributed by atoms with Gasteiger partial charge in [-0.05, 0) is 12.8 Å². The smallest absolute Gasteiger partial charge is 0.329 e. The molecule has 1 heterocycles. The van der Waals surface area contributed by atoms with Crippen LogP contribution >= 0.6 is 0 Å². The van der Waals surface area contributed by atoms with Crippen molar-refractivity contribution in [1.29, 1.82) is 0 Å². The SMILES string of the molecule is CCCCC(C(=O)O)n1cc(CC)c(=O)[nH]c1=O. The van der Waals surface area contributed by atoms with E-state index < -0.39 is 23.3 Å². The van der Waals surface area contributed by atoms with Crippen LogP contribution in [0.4, 0.5) is 0 Å². The fraction of sp³-hybridized carbons (Fsp3) is 0.583. The van der Waals surface area contributed by atoms with Gasteiger partial charge in [-0.3, -0.25) is 14.3 Å². The lowest BCUT2D eigenvalue weighted by atomic mass is 10.1. The van der Waals surface area contributed by atoms with Crippen molar-refractivity contribution in [1.82, 2.24) is 9.55 Å². The van der Waals surface area contributed by atoms with Crippen molar-refractivity contribution >= 4 is 5.97 Å². The predicted octanol–water partition coefficient (Wildman–Crippen LogP) is 0.915. The van der Waals surface area contributed by atoms with E-state index in [1.807, 2.05) is 6.92 Å². The number of hydrogen-bond donors (Lipinski definition) is 2. The lowest BCUT2D eigenvalue weighted by Crippen LogP contribution is -2.36. The molecule has 1 aromatic heterocycles. The number of carboxylic acids is 1. The zero-order valence-electron chi connectivity index (χ0n) is 10.6. The first-order chi connectivity index (χ1) is 8.51. The van der Waals surface area contributed by atoms with Crippen LogP contribution in [-0.2, 0) is 11.2 Å². The maximum atomic E-state index is 11.7. The van der Waals surface area contributed by atoms with E-state index in [9.17, 15) is 14.4 Å². The molecule has 0 saturated heterocycles. The second-order valence-corrected chi connectivity index (χ2v) is 4.17. The highest BCUT2D eigenvalue weighted by Gasteiger charge is 2.20. The third-order valence-electron chi connectivity index (χ3n) is 2.87. The van der Waals surface area contributed by atoms with Gasteiger partial charge in [-0.1, -0.05) is 26.7 Å². The van der Waals surface area contributed by atoms with Crippen LogP contribution in [-0.4, -0.2) is 20.6 Å². The molecule has 6 nitrogen and oxygen atoms in total. The first kappa shape index (κ1) is 14.2. The molecule has 1 aromatic rings. The Morgan fingerprint density at radius 1 is 1.44 bits per heavy atom. The van der Waals surface area contributed by atoms with Crippen LogP contribution in [0.3, 0.4) is 0 Å². The maximum Gasteiger partial charge on any atom is 0.329 e. The summed E-state index contributed by atoms with van der Waals surface area (Å²) in [5, 5.41) is 9.16. The van der Waals surface area contributed by atoms with E-state index >= 15 is 0 Å². The zero-order valence-corrected chi connectivity index (χ0v) is 10.6. The van der Waals surface area contributed by atoms with Gasteiger partial charge in [0, 0.05) is 11.8 Å². The van der Waals surface area contributed by atoms with Crippen molar-refractivity contribution in [3.05, 3.63) is 32.6 Å². The molecule has 2 N–H and O–H groups in total. The molecule has 1 rings (SSSR count). The number of H-pyrrole nitrogens is 1. The molecule has 0 aliphatic carbocycles. The van der Waals surface area contributed by atoms with Crippen LogP contribution in [0.25, 0.3) is 0 Å². The molecule has 1 unspecified atom stereocenters. The van der Waals surface area contributed by atoms with Gasteiger partial charge in [0.15, 0.2) is 0 Å². The van der Waals surface area contributed by atoms with Crippen molar-refractivity contribution in [2.45, 2.75) is 45.6 Å². The van der Waals surface area contributed by atoms with Crippen LogP contribution in [0, 0.1) is 0 Å². The Kier molecular flexibility index (Phi) is 4.88. The van der Waals surface area contributed by atoms with Crippen LogP contribution in [0.2, 0.25) is 0 Å². The molecule has 100 valence electrons. The second-order valence-electron chi connectivity index (χ2n) is 4.17. The molecular weight excluding hydrogens is 236 g/mol. The second kappa shape index (κ2) is 6.18. The molecule has 0 saturated carbocycles. The minimum absolute atomic E-state index is 0.376. The molecule has 0 aliphatic heterocycles. The lowest BCUT2D eigenvalue weighted by Gasteiger charge is -2.15. The summed E-state index contributed by atoms with van der Waals surface area (Å²) in [6, 6.07) is -0.917. The number of aromatic amines is 1. The Hall–Kier alpha value is -1.85. The molecule has 0 spiro atoms. The van der Waals surface area contributed by atoms with Gasteiger partial charge >= 0.3 is 11.7 Å². The zero-order chi connectivity index (χ0) is 13.7. The highest BCUT2D eigenvalue weighted by Crippen LogP contribution is 2.13. The number of nitrogens with zero attached hydrogens (tertiary/aromatic N) is 1. The summed E-state index contributed by atoms with van der Waals surface area (Å²) < 4.78 is 1.11. The Labute approximate surface area is 104 Å². The van der Waals surface area contributed by atoms with Crippen LogP contribution in [0.1, 0.15) is 44.7 Å². The van der Waals surface area contributed by atoms with E-state index in [1.165, 1.54) is 6.20 Å². The van der Waals surface area contributed by atoms with Gasteiger partial charge in [-0.25, -0.2) is 9.59 Å². The first-order valence-electron chi connectivity index (χ1n) is 6.08. The van der Waals surface area contributed by atoms with Gasteiger partial charge < -0.3 is 5.11 Å². The van der Waals surface area contributed by atoms with Gasteiger partial charge in [-0.2, -0.15) is 0 Å². The molecule has 0 bridgehead atoms. The van der Waals surface area contributed by atoms with Gasteiger partial charge in [0.1, 0.15) is 6.04 Å². The van der Waals surface area contributed by atoms with E-state index in [0.717, 1.165) is 11.0 Å². The maximum absolute atomic E-state index is 11.7. The monoisotopic (exact) mass is 254 g/mol. The predicted molar refractivity (Wildman–Crippen MR) is 66.9 cm³/mol. The average Bonchev–Trinajstić information content (AvgIpc) is 2.31. The highest BCUT2D eigenvalue weighted by molar-refractivity contribution is 5.71. The molecule has 0 amide bonds. The van der Waals surface area contributed by atoms with Crippen molar-refractivity contribution in [3.8, 4) is 0 Å². The summed E-state index contributed by atoms with van der Waals surface area (Å²) in [6.07, 6.45) is 3.75. The minimum Gasteiger partial charge on any atom is -0.480 e. The van der Waals surface area contributed by atoms with Crippen LogP contribution in [0.15, 0.2) is 15.8 Å².